The van der Waals surface area contributed by atoms with E-state index in [4.69, 9.17) is 0 Å². The van der Waals surface area contributed by atoms with Crippen LogP contribution < -0.4 is 4.90 Å². The molecule has 2 aromatic rings. The number of rotatable bonds is 1. The third kappa shape index (κ3) is 2.49. The lowest BCUT2D eigenvalue weighted by atomic mass is 10.3. The number of hydrogen-bond acceptors (Lipinski definition) is 5. The zero-order chi connectivity index (χ0) is 15.9. The molecule has 0 bridgehead atoms. The van der Waals surface area contributed by atoms with Crippen LogP contribution in [-0.2, 0) is 7.05 Å². The second-order valence-corrected chi connectivity index (χ2v) is 6.21. The Bertz CT molecular complexity index is 706. The van der Waals surface area contributed by atoms with E-state index in [1.807, 2.05) is 11.9 Å². The molecular formula is C13H18BrN7O. The molecule has 0 unspecified atom stereocenters. The molecule has 2 aromatic heterocycles. The van der Waals surface area contributed by atoms with Crippen LogP contribution >= 0.6 is 15.9 Å². The van der Waals surface area contributed by atoms with Crippen molar-refractivity contribution in [1.29, 1.82) is 0 Å². The normalized spacial score (nSPS) is 15.5. The Balaban J connectivity index is 1.84. The van der Waals surface area contributed by atoms with E-state index in [2.05, 4.69) is 35.9 Å². The van der Waals surface area contributed by atoms with Gasteiger partial charge in [0.15, 0.2) is 5.65 Å². The molecule has 1 aliphatic heterocycles. The van der Waals surface area contributed by atoms with Gasteiger partial charge in [-0.05, 0) is 15.9 Å². The van der Waals surface area contributed by atoms with Crippen LogP contribution in [0.15, 0.2) is 10.9 Å². The summed E-state index contributed by atoms with van der Waals surface area (Å²) in [7, 11) is 5.41. The van der Waals surface area contributed by atoms with Crippen LogP contribution in [0, 0.1) is 0 Å². The smallest absolute Gasteiger partial charge is 0.319 e. The number of fused-ring (bicyclic) bond motifs is 1. The topological polar surface area (TPSA) is 70.4 Å². The van der Waals surface area contributed by atoms with Crippen LogP contribution in [0.25, 0.3) is 11.0 Å². The minimum absolute atomic E-state index is 0.0510. The predicted molar refractivity (Wildman–Crippen MR) is 86.9 cm³/mol. The number of aryl methyl sites for hydroxylation is 1. The average Bonchev–Trinajstić information content (AvgIpc) is 2.81. The van der Waals surface area contributed by atoms with E-state index in [0.717, 1.165) is 34.5 Å². The van der Waals surface area contributed by atoms with Crippen molar-refractivity contribution in [2.75, 3.05) is 45.2 Å². The Morgan fingerprint density at radius 2 is 1.91 bits per heavy atom. The summed E-state index contributed by atoms with van der Waals surface area (Å²) < 4.78 is 2.48. The van der Waals surface area contributed by atoms with Crippen LogP contribution in [0.4, 0.5) is 10.6 Å². The molecular weight excluding hydrogens is 350 g/mol. The second-order valence-electron chi connectivity index (χ2n) is 5.46. The maximum atomic E-state index is 12.0. The molecule has 9 heteroatoms. The number of carbonyl (C=O) groups is 1. The highest BCUT2D eigenvalue weighted by molar-refractivity contribution is 9.10. The number of hydrogen-bond donors (Lipinski definition) is 0. The van der Waals surface area contributed by atoms with E-state index in [1.165, 1.54) is 0 Å². The van der Waals surface area contributed by atoms with Gasteiger partial charge in [-0.15, -0.1) is 0 Å². The summed E-state index contributed by atoms with van der Waals surface area (Å²) in [5, 5.41) is 5.26. The molecule has 0 spiro atoms. The van der Waals surface area contributed by atoms with Gasteiger partial charge in [-0.1, -0.05) is 0 Å². The zero-order valence-corrected chi connectivity index (χ0v) is 14.4. The molecule has 0 N–H and O–H groups in total. The SMILES string of the molecule is CN(C)C(=O)N1CCN(c2ncnc3c2c(Br)nn3C)CC1. The Hall–Kier alpha value is -1.90. The molecule has 0 atom stereocenters. The quantitative estimate of drug-likeness (QED) is 0.749. The fourth-order valence-corrected chi connectivity index (χ4v) is 3.25. The standard InChI is InChI=1S/C13H18BrN7O/c1-18(2)13(22)21-6-4-20(5-7-21)12-9-10(14)17-19(3)11(9)15-8-16-12/h8H,4-7H2,1-3H3. The van der Waals surface area contributed by atoms with Crippen molar-refractivity contribution in [3.63, 3.8) is 0 Å². The van der Waals surface area contributed by atoms with E-state index in [0.29, 0.717) is 13.1 Å². The summed E-state index contributed by atoms with van der Waals surface area (Å²) >= 11 is 3.48. The molecule has 22 heavy (non-hydrogen) atoms. The van der Waals surface area contributed by atoms with Crippen molar-refractivity contribution >= 4 is 38.8 Å². The summed E-state index contributed by atoms with van der Waals surface area (Å²) in [5.74, 6) is 0.863. The Morgan fingerprint density at radius 3 is 2.55 bits per heavy atom. The second kappa shape index (κ2) is 5.71. The van der Waals surface area contributed by atoms with Crippen molar-refractivity contribution < 1.29 is 4.79 Å². The summed E-state index contributed by atoms with van der Waals surface area (Å²) in [6.45, 7) is 2.85. The summed E-state index contributed by atoms with van der Waals surface area (Å²) in [5.41, 5.74) is 0.795. The lowest BCUT2D eigenvalue weighted by Crippen LogP contribution is -2.51. The van der Waals surface area contributed by atoms with Gasteiger partial charge in [-0.25, -0.2) is 19.4 Å². The third-order valence-electron chi connectivity index (χ3n) is 3.79. The van der Waals surface area contributed by atoms with Crippen molar-refractivity contribution in [3.05, 3.63) is 10.9 Å². The Morgan fingerprint density at radius 1 is 1.23 bits per heavy atom. The number of aromatic nitrogens is 4. The van der Waals surface area contributed by atoms with E-state index in [-0.39, 0.29) is 6.03 Å². The first-order valence-electron chi connectivity index (χ1n) is 7.03. The third-order valence-corrected chi connectivity index (χ3v) is 4.35. The fraction of sp³-hybridized carbons (Fsp3) is 0.538. The highest BCUT2D eigenvalue weighted by atomic mass is 79.9. The van der Waals surface area contributed by atoms with Crippen LogP contribution in [0.1, 0.15) is 0 Å². The van der Waals surface area contributed by atoms with Crippen LogP contribution in [0.3, 0.4) is 0 Å². The van der Waals surface area contributed by atoms with Gasteiger partial charge in [-0.2, -0.15) is 5.10 Å². The van der Waals surface area contributed by atoms with E-state index >= 15 is 0 Å². The number of carbonyl (C=O) groups excluding carboxylic acids is 1. The molecule has 3 heterocycles. The predicted octanol–water partition coefficient (Wildman–Crippen LogP) is 0.929. The molecule has 1 fully saturated rings. The molecule has 118 valence electrons. The lowest BCUT2D eigenvalue weighted by Gasteiger charge is -2.36. The minimum atomic E-state index is 0.0510. The molecule has 0 radical (unpaired) electrons. The molecule has 8 nitrogen and oxygen atoms in total. The Labute approximate surface area is 136 Å². The number of urea groups is 1. The summed E-state index contributed by atoms with van der Waals surface area (Å²) in [6.07, 6.45) is 1.56. The van der Waals surface area contributed by atoms with E-state index < -0.39 is 0 Å². The molecule has 1 saturated heterocycles. The van der Waals surface area contributed by atoms with Crippen molar-refractivity contribution in [2.24, 2.45) is 7.05 Å². The first kappa shape index (κ1) is 15.0. The highest BCUT2D eigenvalue weighted by Gasteiger charge is 2.25. The maximum Gasteiger partial charge on any atom is 0.319 e. The number of nitrogens with zero attached hydrogens (tertiary/aromatic N) is 7. The monoisotopic (exact) mass is 367 g/mol. The number of anilines is 1. The van der Waals surface area contributed by atoms with Gasteiger partial charge in [0.2, 0.25) is 0 Å². The van der Waals surface area contributed by atoms with Crippen molar-refractivity contribution in [3.8, 4) is 0 Å². The van der Waals surface area contributed by atoms with Crippen molar-refractivity contribution in [2.45, 2.75) is 0 Å². The minimum Gasteiger partial charge on any atom is -0.352 e. The van der Waals surface area contributed by atoms with Gasteiger partial charge in [0.25, 0.3) is 0 Å². The maximum absolute atomic E-state index is 12.0. The van der Waals surface area contributed by atoms with Crippen LogP contribution in [-0.4, -0.2) is 75.9 Å². The molecule has 0 saturated carbocycles. The zero-order valence-electron chi connectivity index (χ0n) is 12.8. The van der Waals surface area contributed by atoms with E-state index in [1.54, 1.807) is 30.0 Å². The van der Waals surface area contributed by atoms with Crippen molar-refractivity contribution in [1.82, 2.24) is 29.5 Å². The van der Waals surface area contributed by atoms with Gasteiger partial charge in [0.05, 0.1) is 5.39 Å². The molecule has 0 aromatic carbocycles. The average molecular weight is 368 g/mol. The van der Waals surface area contributed by atoms with Gasteiger partial charge >= 0.3 is 6.03 Å². The Kier molecular flexibility index (Phi) is 3.90. The van der Waals surface area contributed by atoms with E-state index in [9.17, 15) is 4.79 Å². The highest BCUT2D eigenvalue weighted by Crippen LogP contribution is 2.29. The number of piperazine rings is 1. The van der Waals surface area contributed by atoms with Crippen LogP contribution in [0.5, 0.6) is 0 Å². The van der Waals surface area contributed by atoms with Gasteiger partial charge in [0.1, 0.15) is 16.7 Å². The van der Waals surface area contributed by atoms with Crippen LogP contribution in [0.2, 0.25) is 0 Å². The molecule has 1 aliphatic rings. The lowest BCUT2D eigenvalue weighted by molar-refractivity contribution is 0.168. The number of amides is 2. The largest absolute Gasteiger partial charge is 0.352 e. The number of halogens is 1. The fourth-order valence-electron chi connectivity index (χ4n) is 2.66. The van der Waals surface area contributed by atoms with Gasteiger partial charge in [-0.3, -0.25) is 0 Å². The molecule has 0 aliphatic carbocycles. The summed E-state index contributed by atoms with van der Waals surface area (Å²) in [4.78, 5) is 26.3. The summed E-state index contributed by atoms with van der Waals surface area (Å²) in [6, 6.07) is 0.0510. The van der Waals surface area contributed by atoms with Gasteiger partial charge < -0.3 is 14.7 Å². The molecule has 2 amide bonds. The first-order chi connectivity index (χ1) is 10.5. The first-order valence-corrected chi connectivity index (χ1v) is 7.82. The molecule has 3 rings (SSSR count). The van der Waals surface area contributed by atoms with Gasteiger partial charge in [0, 0.05) is 47.3 Å².